The average Bonchev–Trinajstić information content (AvgIpc) is 3.22. The second-order valence-electron chi connectivity index (χ2n) is 8.36. The molecule has 2 amide bonds. The van der Waals surface area contributed by atoms with Crippen LogP contribution in [0, 0.1) is 6.92 Å². The number of H-pyrrole nitrogens is 1. The van der Waals surface area contributed by atoms with Gasteiger partial charge in [0.2, 0.25) is 5.91 Å². The molecule has 0 unspecified atom stereocenters. The molecule has 4 heterocycles. The number of aryl methyl sites for hydroxylation is 1. The van der Waals surface area contributed by atoms with Crippen LogP contribution in [0.4, 0.5) is 5.82 Å². The van der Waals surface area contributed by atoms with Crippen molar-refractivity contribution in [1.29, 1.82) is 0 Å². The van der Waals surface area contributed by atoms with E-state index in [1.807, 2.05) is 31.2 Å². The maximum absolute atomic E-state index is 12.5. The Hall–Kier alpha value is -3.68. The number of hydrogen-bond acceptors (Lipinski definition) is 5. The van der Waals surface area contributed by atoms with Gasteiger partial charge >= 0.3 is 0 Å². The number of carbonyl (C=O) groups excluding carboxylic acids is 2. The van der Waals surface area contributed by atoms with Crippen molar-refractivity contribution in [3.63, 3.8) is 0 Å². The zero-order valence-electron chi connectivity index (χ0n) is 18.2. The molecule has 3 N–H and O–H groups in total. The van der Waals surface area contributed by atoms with Crippen molar-refractivity contribution in [2.45, 2.75) is 26.2 Å². The predicted molar refractivity (Wildman–Crippen MR) is 124 cm³/mol. The molecule has 0 fully saturated rings. The summed E-state index contributed by atoms with van der Waals surface area (Å²) in [7, 11) is 0. The number of aromatic amines is 1. The monoisotopic (exact) mass is 430 g/mol. The lowest BCUT2D eigenvalue weighted by Crippen LogP contribution is -2.35. The number of hydrogen-bond donors (Lipinski definition) is 3. The van der Waals surface area contributed by atoms with Crippen molar-refractivity contribution in [1.82, 2.24) is 25.6 Å². The van der Waals surface area contributed by atoms with E-state index in [1.54, 1.807) is 0 Å². The van der Waals surface area contributed by atoms with Crippen molar-refractivity contribution in [2.75, 3.05) is 31.1 Å². The van der Waals surface area contributed by atoms with Crippen molar-refractivity contribution in [3.8, 4) is 11.3 Å². The van der Waals surface area contributed by atoms with Gasteiger partial charge < -0.3 is 20.5 Å². The van der Waals surface area contributed by atoms with Gasteiger partial charge in [-0.2, -0.15) is 0 Å². The molecule has 2 aromatic heterocycles. The largest absolute Gasteiger partial charge is 0.357 e. The third kappa shape index (κ3) is 3.62. The van der Waals surface area contributed by atoms with E-state index in [9.17, 15) is 9.59 Å². The number of rotatable bonds is 3. The lowest BCUT2D eigenvalue weighted by molar-refractivity contribution is -0.118. The lowest BCUT2D eigenvalue weighted by Gasteiger charge is -2.24. The maximum Gasteiger partial charge on any atom is 0.253 e. The highest BCUT2D eigenvalue weighted by atomic mass is 16.2. The van der Waals surface area contributed by atoms with E-state index in [1.165, 1.54) is 6.92 Å². The molecule has 5 rings (SSSR count). The van der Waals surface area contributed by atoms with Crippen LogP contribution in [-0.2, 0) is 4.79 Å². The van der Waals surface area contributed by atoms with Crippen molar-refractivity contribution in [2.24, 2.45) is 0 Å². The quantitative estimate of drug-likeness (QED) is 0.555. The van der Waals surface area contributed by atoms with Crippen LogP contribution in [0.3, 0.4) is 0 Å². The summed E-state index contributed by atoms with van der Waals surface area (Å²) in [5.41, 5.74) is 5.92. The molecule has 1 aromatic carbocycles. The molecule has 0 spiro atoms. The summed E-state index contributed by atoms with van der Waals surface area (Å²) < 4.78 is 0. The first kappa shape index (κ1) is 20.2. The van der Waals surface area contributed by atoms with Crippen molar-refractivity contribution >= 4 is 28.7 Å². The number of aromatic nitrogens is 3. The van der Waals surface area contributed by atoms with Crippen LogP contribution in [0.15, 0.2) is 36.4 Å². The summed E-state index contributed by atoms with van der Waals surface area (Å²) in [5, 5.41) is 5.89. The predicted octanol–water partition coefficient (Wildman–Crippen LogP) is 2.66. The third-order valence-corrected chi connectivity index (χ3v) is 6.11. The molecule has 0 aliphatic carbocycles. The zero-order chi connectivity index (χ0) is 22.2. The Morgan fingerprint density at radius 1 is 1.25 bits per heavy atom. The second kappa shape index (κ2) is 8.11. The van der Waals surface area contributed by atoms with E-state index in [0.29, 0.717) is 31.7 Å². The molecule has 8 nitrogen and oxygen atoms in total. The van der Waals surface area contributed by atoms with Crippen LogP contribution in [0.5, 0.6) is 0 Å². The number of nitrogens with one attached hydrogen (secondary N) is 3. The number of para-hydroxylation sites is 1. The number of carbonyl (C=O) groups is 2. The molecule has 0 saturated carbocycles. The SMILES string of the molecule is CC(=O)NCCN1C/C=C\C[C@H]2CNC(=O)c3cc([nH]c32)-c2cccc3nc(C)c1nc23. The number of amides is 2. The van der Waals surface area contributed by atoms with Gasteiger partial charge in [-0.1, -0.05) is 24.3 Å². The first-order chi connectivity index (χ1) is 15.5. The van der Waals surface area contributed by atoms with Gasteiger partial charge in [-0.3, -0.25) is 9.59 Å². The molecule has 0 saturated heterocycles. The number of benzene rings is 1. The molecule has 2 aliphatic heterocycles. The minimum absolute atomic E-state index is 0.0400. The molecule has 2 aliphatic rings. The summed E-state index contributed by atoms with van der Waals surface area (Å²) in [6.45, 7) is 5.91. The van der Waals surface area contributed by atoms with Crippen LogP contribution in [-0.4, -0.2) is 52.9 Å². The highest BCUT2D eigenvalue weighted by molar-refractivity contribution is 6.00. The normalized spacial score (nSPS) is 18.5. The average molecular weight is 431 g/mol. The molecular weight excluding hydrogens is 404 g/mol. The van der Waals surface area contributed by atoms with E-state index >= 15 is 0 Å². The van der Waals surface area contributed by atoms with E-state index < -0.39 is 0 Å². The Labute approximate surface area is 186 Å². The van der Waals surface area contributed by atoms with Gasteiger partial charge in [0.05, 0.1) is 16.8 Å². The second-order valence-corrected chi connectivity index (χ2v) is 8.36. The smallest absolute Gasteiger partial charge is 0.253 e. The zero-order valence-corrected chi connectivity index (χ0v) is 18.2. The van der Waals surface area contributed by atoms with Crippen molar-refractivity contribution < 1.29 is 9.59 Å². The molecule has 3 aromatic rings. The fourth-order valence-electron chi connectivity index (χ4n) is 4.53. The van der Waals surface area contributed by atoms with Gasteiger partial charge in [-0.25, -0.2) is 9.97 Å². The molecule has 0 radical (unpaired) electrons. The van der Waals surface area contributed by atoms with Crippen LogP contribution < -0.4 is 15.5 Å². The fourth-order valence-corrected chi connectivity index (χ4v) is 4.53. The van der Waals surface area contributed by atoms with Gasteiger partial charge in [0.25, 0.3) is 5.91 Å². The first-order valence-corrected chi connectivity index (χ1v) is 10.9. The standard InChI is InChI=1S/C24H26N6O2/c1-14-23-29-22-17(7-5-8-19(22)27-14)20-12-18-21(28-20)16(13-26-24(18)32)6-3-4-10-30(23)11-9-25-15(2)31/h3-5,7-8,12,16,28H,6,9-11,13H2,1-2H3,(H,25,31)(H,26,32)/b4-3-/t16-/m0/s1. The minimum Gasteiger partial charge on any atom is -0.357 e. The molecule has 4 bridgehead atoms. The Balaban J connectivity index is 1.67. The topological polar surface area (TPSA) is 103 Å². The van der Waals surface area contributed by atoms with Crippen LogP contribution in [0.1, 0.15) is 41.0 Å². The van der Waals surface area contributed by atoms with Crippen molar-refractivity contribution in [3.05, 3.63) is 53.4 Å². The first-order valence-electron chi connectivity index (χ1n) is 10.9. The van der Waals surface area contributed by atoms with Gasteiger partial charge in [0, 0.05) is 56.0 Å². The summed E-state index contributed by atoms with van der Waals surface area (Å²) in [5.74, 6) is 0.901. The highest BCUT2D eigenvalue weighted by Crippen LogP contribution is 2.34. The molecule has 164 valence electrons. The molecule has 1 atom stereocenters. The Morgan fingerprint density at radius 2 is 2.12 bits per heavy atom. The van der Waals surface area contributed by atoms with Crippen LogP contribution >= 0.6 is 0 Å². The third-order valence-electron chi connectivity index (χ3n) is 6.11. The van der Waals surface area contributed by atoms with E-state index in [2.05, 4.69) is 32.7 Å². The van der Waals surface area contributed by atoms with Gasteiger partial charge in [0.1, 0.15) is 5.52 Å². The van der Waals surface area contributed by atoms with Gasteiger partial charge in [-0.15, -0.1) is 0 Å². The Bertz CT molecular complexity index is 1240. The van der Waals surface area contributed by atoms with E-state index in [-0.39, 0.29) is 17.7 Å². The summed E-state index contributed by atoms with van der Waals surface area (Å²) in [6.07, 6.45) is 5.10. The number of fused-ring (bicyclic) bond motifs is 3. The van der Waals surface area contributed by atoms with Gasteiger partial charge in [-0.05, 0) is 25.5 Å². The maximum atomic E-state index is 12.5. The number of anilines is 1. The van der Waals surface area contributed by atoms with E-state index in [4.69, 9.17) is 9.97 Å². The summed E-state index contributed by atoms with van der Waals surface area (Å²) in [6, 6.07) is 7.87. The van der Waals surface area contributed by atoms with E-state index in [0.717, 1.165) is 45.9 Å². The number of nitrogens with zero attached hydrogens (tertiary/aromatic N) is 3. The number of allylic oxidation sites excluding steroid dienone is 1. The highest BCUT2D eigenvalue weighted by Gasteiger charge is 2.28. The minimum atomic E-state index is -0.0487. The molecule has 32 heavy (non-hydrogen) atoms. The molecular formula is C24H26N6O2. The molecule has 8 heteroatoms. The summed E-state index contributed by atoms with van der Waals surface area (Å²) in [4.78, 5) is 39.4. The lowest BCUT2D eigenvalue weighted by atomic mass is 9.94. The summed E-state index contributed by atoms with van der Waals surface area (Å²) >= 11 is 0. The Morgan fingerprint density at radius 3 is 2.97 bits per heavy atom. The fraction of sp³-hybridized carbons (Fsp3) is 0.333. The van der Waals surface area contributed by atoms with Gasteiger partial charge in [0.15, 0.2) is 5.82 Å². The van der Waals surface area contributed by atoms with Crippen LogP contribution in [0.2, 0.25) is 0 Å². The van der Waals surface area contributed by atoms with Crippen LogP contribution in [0.25, 0.3) is 22.3 Å². The Kier molecular flexibility index (Phi) is 5.13.